The van der Waals surface area contributed by atoms with Crippen LogP contribution in [0.25, 0.3) is 21.8 Å². The number of thioether (sulfide) groups is 1. The normalized spacial score (nSPS) is 10.3. The zero-order chi connectivity index (χ0) is 15.7. The number of nitrogen functional groups attached to an aromatic ring is 1. The summed E-state index contributed by atoms with van der Waals surface area (Å²) >= 11 is 4.61. The summed E-state index contributed by atoms with van der Waals surface area (Å²) in [6, 6.07) is 8.30. The molecule has 1 aromatic carbocycles. The maximum atomic E-state index is 13.3. The number of nitrogens with zero attached hydrogens (tertiary/aromatic N) is 1. The van der Waals surface area contributed by atoms with Crippen LogP contribution in [0.15, 0.2) is 39.9 Å². The Balaban J connectivity index is 0.00000192. The minimum absolute atomic E-state index is 0. The van der Waals surface area contributed by atoms with Crippen molar-refractivity contribution in [3.8, 4) is 21.8 Å². The molecule has 0 fully saturated rings. The summed E-state index contributed by atoms with van der Waals surface area (Å²) in [6.45, 7) is 0. The molecule has 8 heteroatoms. The molecule has 0 radical (unpaired) electrons. The number of aromatic nitrogens is 1. The van der Waals surface area contributed by atoms with E-state index in [2.05, 4.69) is 4.98 Å². The molecule has 0 aliphatic heterocycles. The Morgan fingerprint density at radius 3 is 2.78 bits per heavy atom. The van der Waals surface area contributed by atoms with Crippen LogP contribution in [0.5, 0.6) is 0 Å². The predicted octanol–water partition coefficient (Wildman–Crippen LogP) is 5.11. The molecule has 0 amide bonds. The number of thiophene rings is 1. The third kappa shape index (κ3) is 3.74. The number of thiazole rings is 1. The van der Waals surface area contributed by atoms with Gasteiger partial charge >= 0.3 is 0 Å². The molecular weight excluding hydrogens is 373 g/mol. The molecule has 3 aromatic rings. The van der Waals surface area contributed by atoms with Crippen LogP contribution in [-0.4, -0.2) is 17.1 Å². The molecule has 3 rings (SSSR count). The molecule has 0 unspecified atom stereocenters. The van der Waals surface area contributed by atoms with Crippen molar-refractivity contribution in [3.63, 3.8) is 0 Å². The first kappa shape index (κ1) is 17.9. The van der Waals surface area contributed by atoms with Gasteiger partial charge in [0.05, 0.1) is 14.8 Å². The summed E-state index contributed by atoms with van der Waals surface area (Å²) in [5.41, 5.74) is 8.06. The molecule has 0 atom stereocenters. The lowest BCUT2D eigenvalue weighted by Crippen LogP contribution is -2.08. The highest BCUT2D eigenvalue weighted by molar-refractivity contribution is 8.00. The van der Waals surface area contributed by atoms with E-state index in [4.69, 9.17) is 11.1 Å². The first-order valence-electron chi connectivity index (χ1n) is 6.32. The van der Waals surface area contributed by atoms with Gasteiger partial charge in [0.15, 0.2) is 0 Å². The Hall–Kier alpha value is -1.41. The topological polar surface area (TPSA) is 62.8 Å². The summed E-state index contributed by atoms with van der Waals surface area (Å²) in [5.74, 6) is -0.209. The van der Waals surface area contributed by atoms with Gasteiger partial charge < -0.3 is 5.73 Å². The lowest BCUT2D eigenvalue weighted by molar-refractivity contribution is 0.628. The lowest BCUT2D eigenvalue weighted by Gasteiger charge is -1.97. The van der Waals surface area contributed by atoms with Gasteiger partial charge in [0.2, 0.25) is 0 Å². The Morgan fingerprint density at radius 1 is 1.35 bits per heavy atom. The Kier molecular flexibility index (Phi) is 5.80. The summed E-state index contributed by atoms with van der Waals surface area (Å²) in [6.07, 6.45) is 1.99. The van der Waals surface area contributed by atoms with Crippen molar-refractivity contribution >= 4 is 52.7 Å². The highest BCUT2D eigenvalue weighted by Crippen LogP contribution is 2.40. The molecule has 0 saturated carbocycles. The minimum atomic E-state index is -0.272. The van der Waals surface area contributed by atoms with Crippen molar-refractivity contribution in [1.29, 1.82) is 5.41 Å². The second kappa shape index (κ2) is 7.44. The van der Waals surface area contributed by atoms with Gasteiger partial charge in [-0.15, -0.1) is 46.8 Å². The molecule has 0 aliphatic rings. The van der Waals surface area contributed by atoms with Crippen LogP contribution in [0.4, 0.5) is 4.39 Å². The van der Waals surface area contributed by atoms with Crippen LogP contribution < -0.4 is 5.73 Å². The smallest absolute Gasteiger partial charge is 0.133 e. The highest BCUT2D eigenvalue weighted by Gasteiger charge is 2.15. The maximum Gasteiger partial charge on any atom is 0.133 e. The van der Waals surface area contributed by atoms with E-state index in [-0.39, 0.29) is 24.1 Å². The molecular formula is C15H13ClFN3S3. The second-order valence-corrected chi connectivity index (χ2v) is 7.46. The molecule has 120 valence electrons. The molecule has 0 saturated heterocycles. The summed E-state index contributed by atoms with van der Waals surface area (Å²) in [7, 11) is 0. The van der Waals surface area contributed by atoms with Crippen molar-refractivity contribution in [2.45, 2.75) is 4.21 Å². The van der Waals surface area contributed by atoms with E-state index < -0.39 is 0 Å². The first-order valence-corrected chi connectivity index (χ1v) is 9.24. The van der Waals surface area contributed by atoms with Gasteiger partial charge in [-0.3, -0.25) is 5.41 Å². The van der Waals surface area contributed by atoms with Crippen LogP contribution in [0.2, 0.25) is 0 Å². The van der Waals surface area contributed by atoms with Crippen LogP contribution in [0, 0.1) is 11.2 Å². The number of benzene rings is 1. The van der Waals surface area contributed by atoms with Gasteiger partial charge in [-0.05, 0) is 24.5 Å². The van der Waals surface area contributed by atoms with E-state index in [0.717, 1.165) is 30.9 Å². The van der Waals surface area contributed by atoms with E-state index in [1.54, 1.807) is 17.8 Å². The standard InChI is InChI=1S/C15H12FN3S3.ClH/c1-20-15-10(6-12(22-15)13(17)18)14-19-11(7-21-14)8-3-2-4-9(16)5-8;/h2-7H,1H3,(H3,17,18);1H. The third-order valence-corrected chi connectivity index (χ3v) is 6.18. The van der Waals surface area contributed by atoms with E-state index in [1.165, 1.54) is 34.8 Å². The number of rotatable bonds is 4. The molecule has 0 aliphatic carbocycles. The number of nitrogens with one attached hydrogen (secondary N) is 1. The first-order chi connectivity index (χ1) is 10.6. The summed E-state index contributed by atoms with van der Waals surface area (Å²) in [4.78, 5) is 5.34. The van der Waals surface area contributed by atoms with Crippen LogP contribution in [0.3, 0.4) is 0 Å². The molecule has 0 spiro atoms. The number of hydrogen-bond donors (Lipinski definition) is 2. The van der Waals surface area contributed by atoms with Gasteiger partial charge in [-0.25, -0.2) is 9.37 Å². The Morgan fingerprint density at radius 2 is 2.13 bits per heavy atom. The number of hydrogen-bond acceptors (Lipinski definition) is 5. The molecule has 3 nitrogen and oxygen atoms in total. The van der Waals surface area contributed by atoms with E-state index in [1.807, 2.05) is 23.8 Å². The lowest BCUT2D eigenvalue weighted by atomic mass is 10.2. The monoisotopic (exact) mass is 385 g/mol. The van der Waals surface area contributed by atoms with Gasteiger partial charge in [0, 0.05) is 16.5 Å². The number of amidine groups is 1. The largest absolute Gasteiger partial charge is 0.383 e. The summed E-state index contributed by atoms with van der Waals surface area (Å²) in [5, 5.41) is 10.3. The van der Waals surface area contributed by atoms with E-state index >= 15 is 0 Å². The van der Waals surface area contributed by atoms with Crippen LogP contribution in [0.1, 0.15) is 4.88 Å². The van der Waals surface area contributed by atoms with Crippen LogP contribution in [-0.2, 0) is 0 Å². The average molecular weight is 386 g/mol. The number of nitrogens with two attached hydrogens (primary N) is 1. The molecule has 0 bridgehead atoms. The van der Waals surface area contributed by atoms with Crippen molar-refractivity contribution in [2.75, 3.05) is 6.26 Å². The molecule has 2 aromatic heterocycles. The van der Waals surface area contributed by atoms with E-state index in [0.29, 0.717) is 0 Å². The van der Waals surface area contributed by atoms with Gasteiger partial charge in [-0.2, -0.15) is 0 Å². The van der Waals surface area contributed by atoms with Gasteiger partial charge in [-0.1, -0.05) is 12.1 Å². The highest BCUT2D eigenvalue weighted by atomic mass is 35.5. The molecule has 3 N–H and O–H groups in total. The predicted molar refractivity (Wildman–Crippen MR) is 101 cm³/mol. The summed E-state index contributed by atoms with van der Waals surface area (Å²) < 4.78 is 14.4. The van der Waals surface area contributed by atoms with Crippen molar-refractivity contribution < 1.29 is 4.39 Å². The molecule has 2 heterocycles. The molecule has 23 heavy (non-hydrogen) atoms. The van der Waals surface area contributed by atoms with Crippen molar-refractivity contribution in [2.24, 2.45) is 5.73 Å². The van der Waals surface area contributed by atoms with Gasteiger partial charge in [0.1, 0.15) is 16.7 Å². The number of halogens is 2. The fourth-order valence-corrected chi connectivity index (χ4v) is 4.70. The minimum Gasteiger partial charge on any atom is -0.383 e. The second-order valence-electron chi connectivity index (χ2n) is 4.48. The third-order valence-electron chi connectivity index (χ3n) is 3.00. The van der Waals surface area contributed by atoms with Gasteiger partial charge in [0.25, 0.3) is 0 Å². The fourth-order valence-electron chi connectivity index (χ4n) is 1.99. The van der Waals surface area contributed by atoms with E-state index in [9.17, 15) is 4.39 Å². The zero-order valence-corrected chi connectivity index (χ0v) is 15.3. The van der Waals surface area contributed by atoms with Crippen molar-refractivity contribution in [3.05, 3.63) is 46.4 Å². The Labute approximate surface area is 151 Å². The maximum absolute atomic E-state index is 13.3. The zero-order valence-electron chi connectivity index (χ0n) is 12.0. The fraction of sp³-hybridized carbons (Fsp3) is 0.0667. The quantitative estimate of drug-likeness (QED) is 0.373. The average Bonchev–Trinajstić information content (AvgIpc) is 3.13. The SMILES string of the molecule is CSc1sc(C(=N)N)cc1-c1nc(-c2cccc(F)c2)cs1.Cl. The van der Waals surface area contributed by atoms with Crippen molar-refractivity contribution in [1.82, 2.24) is 4.98 Å². The Bertz CT molecular complexity index is 844. The van der Waals surface area contributed by atoms with Crippen LogP contribution >= 0.6 is 46.8 Å².